The molecule has 28 heavy (non-hydrogen) atoms. The zero-order chi connectivity index (χ0) is 19.8. The molecule has 1 heterocycles. The highest BCUT2D eigenvalue weighted by Gasteiger charge is 2.28. The first-order valence-corrected chi connectivity index (χ1v) is 10.4. The fourth-order valence-corrected chi connectivity index (χ4v) is 3.98. The molecule has 0 N–H and O–H groups in total. The number of hydrogen-bond acceptors (Lipinski definition) is 3. The van der Waals surface area contributed by atoms with Gasteiger partial charge in [-0.1, -0.05) is 49.4 Å². The van der Waals surface area contributed by atoms with Crippen LogP contribution in [0.5, 0.6) is 0 Å². The summed E-state index contributed by atoms with van der Waals surface area (Å²) >= 11 is 0. The van der Waals surface area contributed by atoms with Crippen LogP contribution in [0.3, 0.4) is 0 Å². The zero-order valence-electron chi connectivity index (χ0n) is 17.1. The molecule has 0 atom stereocenters. The summed E-state index contributed by atoms with van der Waals surface area (Å²) in [4.78, 5) is 17.3. The number of ether oxygens (including phenoxy) is 1. The van der Waals surface area contributed by atoms with Crippen molar-refractivity contribution in [1.82, 2.24) is 4.90 Å². The van der Waals surface area contributed by atoms with E-state index in [-0.39, 0.29) is 11.9 Å². The van der Waals surface area contributed by atoms with Crippen LogP contribution < -0.4 is 4.90 Å². The summed E-state index contributed by atoms with van der Waals surface area (Å²) in [6.45, 7) is 5.73. The summed E-state index contributed by atoms with van der Waals surface area (Å²) in [5.41, 5.74) is 3.53. The maximum atomic E-state index is 12.7. The Bertz CT molecular complexity index is 722. The van der Waals surface area contributed by atoms with E-state index in [2.05, 4.69) is 59.5 Å². The van der Waals surface area contributed by atoms with E-state index in [1.807, 2.05) is 11.8 Å². The molecule has 1 aliphatic rings. The molecule has 1 fully saturated rings. The average molecular weight is 381 g/mol. The van der Waals surface area contributed by atoms with Crippen molar-refractivity contribution in [1.29, 1.82) is 0 Å². The maximum Gasteiger partial charge on any atom is 0.226 e. The van der Waals surface area contributed by atoms with Crippen molar-refractivity contribution in [2.45, 2.75) is 45.3 Å². The van der Waals surface area contributed by atoms with Gasteiger partial charge in [-0.05, 0) is 42.5 Å². The first-order chi connectivity index (χ1) is 13.7. The van der Waals surface area contributed by atoms with Gasteiger partial charge in [0.25, 0.3) is 0 Å². The lowest BCUT2D eigenvalue weighted by molar-refractivity contribution is -0.119. The van der Waals surface area contributed by atoms with Crippen LogP contribution in [0.15, 0.2) is 54.6 Å². The van der Waals surface area contributed by atoms with Crippen LogP contribution in [0.4, 0.5) is 5.69 Å². The van der Waals surface area contributed by atoms with E-state index < -0.39 is 0 Å². The minimum absolute atomic E-state index is 0.210. The van der Waals surface area contributed by atoms with E-state index >= 15 is 0 Å². The Labute approximate surface area is 169 Å². The number of rotatable bonds is 8. The van der Waals surface area contributed by atoms with Gasteiger partial charge in [0.2, 0.25) is 5.91 Å². The summed E-state index contributed by atoms with van der Waals surface area (Å²) in [6.07, 6.45) is 3.68. The van der Waals surface area contributed by atoms with Crippen molar-refractivity contribution in [2.24, 2.45) is 0 Å². The number of methoxy groups -OCH3 is 1. The minimum Gasteiger partial charge on any atom is -0.380 e. The monoisotopic (exact) mass is 380 g/mol. The Balaban J connectivity index is 1.59. The largest absolute Gasteiger partial charge is 0.380 e. The third-order valence-corrected chi connectivity index (χ3v) is 5.58. The molecule has 0 radical (unpaired) electrons. The Morgan fingerprint density at radius 2 is 1.71 bits per heavy atom. The fourth-order valence-electron chi connectivity index (χ4n) is 3.98. The molecule has 4 nitrogen and oxygen atoms in total. The summed E-state index contributed by atoms with van der Waals surface area (Å²) in [7, 11) is 1.70. The number of amides is 1. The lowest BCUT2D eigenvalue weighted by Crippen LogP contribution is -2.47. The highest BCUT2D eigenvalue weighted by Crippen LogP contribution is 2.25. The zero-order valence-corrected chi connectivity index (χ0v) is 17.1. The number of piperidine rings is 1. The second-order valence-electron chi connectivity index (χ2n) is 7.53. The third kappa shape index (κ3) is 5.43. The highest BCUT2D eigenvalue weighted by molar-refractivity contribution is 5.93. The quantitative estimate of drug-likeness (QED) is 0.685. The number of likely N-dealkylation sites (tertiary alicyclic amines) is 1. The van der Waals surface area contributed by atoms with Crippen molar-refractivity contribution in [2.75, 3.05) is 31.6 Å². The summed E-state index contributed by atoms with van der Waals surface area (Å²) in [6, 6.07) is 19.2. The van der Waals surface area contributed by atoms with E-state index in [9.17, 15) is 4.79 Å². The molecule has 1 amide bonds. The van der Waals surface area contributed by atoms with E-state index in [0.717, 1.165) is 50.1 Å². The predicted octanol–water partition coefficient (Wildman–Crippen LogP) is 4.28. The molecule has 1 saturated heterocycles. The van der Waals surface area contributed by atoms with Crippen LogP contribution in [-0.4, -0.2) is 43.6 Å². The van der Waals surface area contributed by atoms with E-state index in [1.165, 1.54) is 5.56 Å². The molecule has 0 aromatic heterocycles. The van der Waals surface area contributed by atoms with Gasteiger partial charge < -0.3 is 14.5 Å². The molecule has 2 aromatic carbocycles. The Hall–Kier alpha value is -2.17. The molecule has 0 spiro atoms. The standard InChI is InChI=1S/C24H32N2O2/c1-3-24(27)26(22-11-9-21(10-12-22)19-28-2)23-14-17-25(18-15-23)16-13-20-7-5-4-6-8-20/h4-12,23H,3,13-19H2,1-2H3. The van der Waals surface area contributed by atoms with Gasteiger partial charge in [0.05, 0.1) is 6.61 Å². The molecule has 0 unspecified atom stereocenters. The molecule has 1 aliphatic heterocycles. The molecule has 0 bridgehead atoms. The molecular weight excluding hydrogens is 348 g/mol. The molecule has 0 saturated carbocycles. The highest BCUT2D eigenvalue weighted by atomic mass is 16.5. The van der Waals surface area contributed by atoms with Crippen LogP contribution >= 0.6 is 0 Å². The van der Waals surface area contributed by atoms with E-state index in [0.29, 0.717) is 13.0 Å². The number of benzene rings is 2. The molecule has 2 aromatic rings. The van der Waals surface area contributed by atoms with Gasteiger partial charge in [-0.25, -0.2) is 0 Å². The van der Waals surface area contributed by atoms with Crippen molar-refractivity contribution >= 4 is 11.6 Å². The lowest BCUT2D eigenvalue weighted by Gasteiger charge is -2.38. The first-order valence-electron chi connectivity index (χ1n) is 10.4. The Morgan fingerprint density at radius 3 is 2.32 bits per heavy atom. The van der Waals surface area contributed by atoms with Crippen molar-refractivity contribution in [3.05, 3.63) is 65.7 Å². The topological polar surface area (TPSA) is 32.8 Å². The minimum atomic E-state index is 0.210. The molecule has 4 heteroatoms. The van der Waals surface area contributed by atoms with Crippen LogP contribution in [0.25, 0.3) is 0 Å². The van der Waals surface area contributed by atoms with Crippen LogP contribution in [-0.2, 0) is 22.6 Å². The summed E-state index contributed by atoms with van der Waals surface area (Å²) < 4.78 is 5.19. The third-order valence-electron chi connectivity index (χ3n) is 5.58. The van der Waals surface area contributed by atoms with E-state index in [1.54, 1.807) is 7.11 Å². The first kappa shape index (κ1) is 20.6. The molecular formula is C24H32N2O2. The van der Waals surface area contributed by atoms with Gasteiger partial charge in [0.1, 0.15) is 0 Å². The lowest BCUT2D eigenvalue weighted by atomic mass is 10.0. The van der Waals surface area contributed by atoms with Gasteiger partial charge in [0.15, 0.2) is 0 Å². The Morgan fingerprint density at radius 1 is 1.04 bits per heavy atom. The average Bonchev–Trinajstić information content (AvgIpc) is 2.75. The second kappa shape index (κ2) is 10.4. The van der Waals surface area contributed by atoms with Crippen molar-refractivity contribution in [3.8, 4) is 0 Å². The number of anilines is 1. The molecule has 3 rings (SSSR count). The molecule has 150 valence electrons. The summed E-state index contributed by atoms with van der Waals surface area (Å²) in [5.74, 6) is 0.210. The molecule has 0 aliphatic carbocycles. The van der Waals surface area contributed by atoms with Gasteiger partial charge in [-0.15, -0.1) is 0 Å². The maximum absolute atomic E-state index is 12.7. The summed E-state index contributed by atoms with van der Waals surface area (Å²) in [5, 5.41) is 0. The number of nitrogens with zero attached hydrogens (tertiary/aromatic N) is 2. The number of carbonyl (C=O) groups is 1. The normalized spacial score (nSPS) is 15.5. The van der Waals surface area contributed by atoms with Gasteiger partial charge in [-0.3, -0.25) is 4.79 Å². The van der Waals surface area contributed by atoms with E-state index in [4.69, 9.17) is 4.74 Å². The van der Waals surface area contributed by atoms with Crippen molar-refractivity contribution in [3.63, 3.8) is 0 Å². The SMILES string of the molecule is CCC(=O)N(c1ccc(COC)cc1)C1CCN(CCc2ccccc2)CC1. The fraction of sp³-hybridized carbons (Fsp3) is 0.458. The smallest absolute Gasteiger partial charge is 0.226 e. The Kier molecular flexibility index (Phi) is 7.63. The number of hydrogen-bond donors (Lipinski definition) is 0. The predicted molar refractivity (Wildman–Crippen MR) is 115 cm³/mol. The van der Waals surface area contributed by atoms with Gasteiger partial charge in [0, 0.05) is 44.9 Å². The van der Waals surface area contributed by atoms with Gasteiger partial charge >= 0.3 is 0 Å². The van der Waals surface area contributed by atoms with Crippen LogP contribution in [0.1, 0.15) is 37.3 Å². The van der Waals surface area contributed by atoms with Crippen LogP contribution in [0.2, 0.25) is 0 Å². The second-order valence-corrected chi connectivity index (χ2v) is 7.53. The van der Waals surface area contributed by atoms with Crippen LogP contribution in [0, 0.1) is 0 Å². The van der Waals surface area contributed by atoms with Crippen molar-refractivity contribution < 1.29 is 9.53 Å². The number of carbonyl (C=O) groups excluding carboxylic acids is 1. The van der Waals surface area contributed by atoms with Gasteiger partial charge in [-0.2, -0.15) is 0 Å².